The number of fused-ring (bicyclic) bond motifs is 1. The van der Waals surface area contributed by atoms with Crippen LogP contribution in [-0.4, -0.2) is 40.6 Å². The molecule has 2 aliphatic rings. The van der Waals surface area contributed by atoms with Crippen molar-refractivity contribution in [2.45, 2.75) is 64.3 Å². The molecule has 1 fully saturated rings. The third kappa shape index (κ3) is 3.91. The second kappa shape index (κ2) is 8.46. The van der Waals surface area contributed by atoms with Crippen LogP contribution in [0.15, 0.2) is 24.3 Å². The van der Waals surface area contributed by atoms with Crippen LogP contribution in [0.4, 0.5) is 5.69 Å². The van der Waals surface area contributed by atoms with E-state index < -0.39 is 0 Å². The van der Waals surface area contributed by atoms with Crippen molar-refractivity contribution >= 4 is 23.3 Å². The van der Waals surface area contributed by atoms with E-state index in [9.17, 15) is 14.4 Å². The summed E-state index contributed by atoms with van der Waals surface area (Å²) < 4.78 is 0. The topological polar surface area (TPSA) is 82.3 Å². The molecule has 2 amide bonds. The highest BCUT2D eigenvalue weighted by Crippen LogP contribution is 2.27. The summed E-state index contributed by atoms with van der Waals surface area (Å²) in [6, 6.07) is 7.34. The Morgan fingerprint density at radius 1 is 1.03 bits per heavy atom. The van der Waals surface area contributed by atoms with Gasteiger partial charge in [0, 0.05) is 42.0 Å². The van der Waals surface area contributed by atoms with Gasteiger partial charge in [0.15, 0.2) is 5.78 Å². The number of aromatic amines is 1. The Labute approximate surface area is 177 Å². The highest BCUT2D eigenvalue weighted by atomic mass is 16.2. The number of nitrogens with zero attached hydrogens (tertiary/aromatic N) is 1. The number of aromatic nitrogens is 1. The van der Waals surface area contributed by atoms with Gasteiger partial charge in [-0.2, -0.15) is 0 Å². The molecule has 1 saturated carbocycles. The molecule has 2 N–H and O–H groups in total. The summed E-state index contributed by atoms with van der Waals surface area (Å²) in [6.07, 6.45) is 7.90. The van der Waals surface area contributed by atoms with Gasteiger partial charge >= 0.3 is 0 Å². The number of rotatable bonds is 4. The van der Waals surface area contributed by atoms with Crippen LogP contribution in [-0.2, 0) is 6.42 Å². The summed E-state index contributed by atoms with van der Waals surface area (Å²) in [5.41, 5.74) is 3.94. The van der Waals surface area contributed by atoms with E-state index in [1.165, 1.54) is 19.3 Å². The zero-order valence-corrected chi connectivity index (χ0v) is 17.7. The summed E-state index contributed by atoms with van der Waals surface area (Å²) in [4.78, 5) is 42.7. The predicted octanol–water partition coefficient (Wildman–Crippen LogP) is 4.50. The van der Waals surface area contributed by atoms with Gasteiger partial charge in [-0.15, -0.1) is 0 Å². The zero-order chi connectivity index (χ0) is 21.3. The van der Waals surface area contributed by atoms with Crippen molar-refractivity contribution in [1.82, 2.24) is 9.88 Å². The first-order chi connectivity index (χ1) is 14.5. The van der Waals surface area contributed by atoms with Crippen molar-refractivity contribution < 1.29 is 14.4 Å². The first-order valence-corrected chi connectivity index (χ1v) is 10.9. The number of benzene rings is 1. The van der Waals surface area contributed by atoms with Gasteiger partial charge in [-0.05, 0) is 62.4 Å². The van der Waals surface area contributed by atoms with E-state index in [0.29, 0.717) is 40.5 Å². The molecule has 158 valence electrons. The lowest BCUT2D eigenvalue weighted by Gasteiger charge is -2.31. The number of H-pyrrole nitrogens is 1. The second-order valence-electron chi connectivity index (χ2n) is 8.49. The molecule has 4 rings (SSSR count). The lowest BCUT2D eigenvalue weighted by Crippen LogP contribution is -2.38. The Balaban J connectivity index is 1.44. The van der Waals surface area contributed by atoms with E-state index in [1.807, 2.05) is 18.9 Å². The van der Waals surface area contributed by atoms with Crippen LogP contribution in [0.1, 0.15) is 87.4 Å². The minimum atomic E-state index is -0.270. The normalized spacial score (nSPS) is 16.8. The lowest BCUT2D eigenvalue weighted by atomic mass is 9.94. The molecule has 0 aliphatic heterocycles. The fourth-order valence-corrected chi connectivity index (χ4v) is 4.73. The number of aryl methyl sites for hydroxylation is 1. The molecule has 1 aromatic carbocycles. The number of anilines is 1. The molecule has 0 radical (unpaired) electrons. The molecule has 30 heavy (non-hydrogen) atoms. The molecule has 1 heterocycles. The van der Waals surface area contributed by atoms with Crippen LogP contribution in [0, 0.1) is 6.92 Å². The first kappa shape index (κ1) is 20.4. The minimum absolute atomic E-state index is 0.0196. The maximum atomic E-state index is 12.8. The molecule has 0 bridgehead atoms. The molecule has 0 saturated heterocycles. The Morgan fingerprint density at radius 2 is 1.73 bits per heavy atom. The van der Waals surface area contributed by atoms with E-state index in [1.54, 1.807) is 24.3 Å². The Kier molecular flexibility index (Phi) is 5.75. The first-order valence-electron chi connectivity index (χ1n) is 10.9. The van der Waals surface area contributed by atoms with Gasteiger partial charge in [0.1, 0.15) is 5.69 Å². The molecular formula is C24H29N3O3. The third-order valence-corrected chi connectivity index (χ3v) is 6.50. The molecule has 6 heteroatoms. The van der Waals surface area contributed by atoms with Crippen LogP contribution in [0.2, 0.25) is 0 Å². The van der Waals surface area contributed by atoms with Crippen molar-refractivity contribution in [2.75, 3.05) is 12.4 Å². The highest BCUT2D eigenvalue weighted by molar-refractivity contribution is 6.08. The number of hydrogen-bond donors (Lipinski definition) is 2. The maximum Gasteiger partial charge on any atom is 0.272 e. The summed E-state index contributed by atoms with van der Waals surface area (Å²) in [6.45, 7) is 1.82. The smallest absolute Gasteiger partial charge is 0.272 e. The lowest BCUT2D eigenvalue weighted by molar-refractivity contribution is 0.0696. The Bertz CT molecular complexity index is 968. The van der Waals surface area contributed by atoms with Gasteiger partial charge in [-0.25, -0.2) is 0 Å². The number of amides is 2. The summed E-state index contributed by atoms with van der Waals surface area (Å²) >= 11 is 0. The van der Waals surface area contributed by atoms with E-state index in [0.717, 1.165) is 31.4 Å². The SMILES string of the molecule is Cc1c(C(=O)Nc2ccc(C(=O)N(C)C3CCCCC3)cc2)[nH]c2c1C(=O)CCC2. The average molecular weight is 408 g/mol. The van der Waals surface area contributed by atoms with Crippen molar-refractivity contribution in [2.24, 2.45) is 0 Å². The molecule has 2 aromatic rings. The van der Waals surface area contributed by atoms with Crippen molar-refractivity contribution in [1.29, 1.82) is 0 Å². The molecule has 0 atom stereocenters. The molecule has 2 aliphatic carbocycles. The molecule has 6 nitrogen and oxygen atoms in total. The van der Waals surface area contributed by atoms with Crippen LogP contribution < -0.4 is 5.32 Å². The van der Waals surface area contributed by atoms with Crippen molar-refractivity contribution in [3.63, 3.8) is 0 Å². The number of nitrogens with one attached hydrogen (secondary N) is 2. The maximum absolute atomic E-state index is 12.8. The fourth-order valence-electron chi connectivity index (χ4n) is 4.73. The zero-order valence-electron chi connectivity index (χ0n) is 17.7. The van der Waals surface area contributed by atoms with Crippen LogP contribution in [0.25, 0.3) is 0 Å². The number of hydrogen-bond acceptors (Lipinski definition) is 3. The van der Waals surface area contributed by atoms with Crippen LogP contribution >= 0.6 is 0 Å². The quantitative estimate of drug-likeness (QED) is 0.783. The van der Waals surface area contributed by atoms with E-state index in [4.69, 9.17) is 0 Å². The molecule has 0 unspecified atom stereocenters. The van der Waals surface area contributed by atoms with Crippen molar-refractivity contribution in [3.8, 4) is 0 Å². The van der Waals surface area contributed by atoms with E-state index in [2.05, 4.69) is 10.3 Å². The third-order valence-electron chi connectivity index (χ3n) is 6.50. The Hall–Kier alpha value is -2.89. The fraction of sp³-hybridized carbons (Fsp3) is 0.458. The van der Waals surface area contributed by atoms with E-state index >= 15 is 0 Å². The van der Waals surface area contributed by atoms with Crippen LogP contribution in [0.5, 0.6) is 0 Å². The number of carbonyl (C=O) groups excluding carboxylic acids is 3. The standard InChI is InChI=1S/C24H29N3O3/c1-15-21-19(9-6-10-20(21)28)26-22(15)23(29)25-17-13-11-16(12-14-17)24(30)27(2)18-7-4-3-5-8-18/h11-14,18,26H,3-10H2,1-2H3,(H,25,29). The highest BCUT2D eigenvalue weighted by Gasteiger charge is 2.26. The van der Waals surface area contributed by atoms with E-state index in [-0.39, 0.29) is 17.6 Å². The van der Waals surface area contributed by atoms with Gasteiger partial charge in [0.2, 0.25) is 0 Å². The number of ketones is 1. The minimum Gasteiger partial charge on any atom is -0.354 e. The van der Waals surface area contributed by atoms with Crippen molar-refractivity contribution in [3.05, 3.63) is 52.3 Å². The number of Topliss-reactive ketones (excluding diaryl/α,β-unsaturated/α-hetero) is 1. The monoisotopic (exact) mass is 407 g/mol. The predicted molar refractivity (Wildman–Crippen MR) is 116 cm³/mol. The molecule has 1 aromatic heterocycles. The Morgan fingerprint density at radius 3 is 2.40 bits per heavy atom. The molecular weight excluding hydrogens is 378 g/mol. The average Bonchev–Trinajstić information content (AvgIpc) is 3.12. The van der Waals surface area contributed by atoms with Gasteiger partial charge in [0.25, 0.3) is 11.8 Å². The van der Waals surface area contributed by atoms with Gasteiger partial charge in [-0.3, -0.25) is 14.4 Å². The van der Waals surface area contributed by atoms with Gasteiger partial charge in [0.05, 0.1) is 0 Å². The summed E-state index contributed by atoms with van der Waals surface area (Å²) in [7, 11) is 1.88. The molecule has 0 spiro atoms. The second-order valence-corrected chi connectivity index (χ2v) is 8.49. The largest absolute Gasteiger partial charge is 0.354 e. The summed E-state index contributed by atoms with van der Waals surface area (Å²) in [5, 5.41) is 2.88. The summed E-state index contributed by atoms with van der Waals surface area (Å²) in [5.74, 6) is -0.145. The van der Waals surface area contributed by atoms with Crippen LogP contribution in [0.3, 0.4) is 0 Å². The number of carbonyl (C=O) groups is 3. The van der Waals surface area contributed by atoms with Gasteiger partial charge < -0.3 is 15.2 Å². The van der Waals surface area contributed by atoms with Gasteiger partial charge in [-0.1, -0.05) is 19.3 Å².